The number of methoxy groups -OCH3 is 2. The summed E-state index contributed by atoms with van der Waals surface area (Å²) in [6.07, 6.45) is 7.15. The number of amides is 2. The molecule has 0 spiro atoms. The van der Waals surface area contributed by atoms with Crippen molar-refractivity contribution in [3.8, 4) is 17.3 Å². The summed E-state index contributed by atoms with van der Waals surface area (Å²) in [6, 6.07) is 12.7. The molecule has 2 N–H and O–H groups in total. The number of carbonyl (C=O) groups is 2. The van der Waals surface area contributed by atoms with Crippen LogP contribution in [0, 0.1) is 11.8 Å². The first-order valence-corrected chi connectivity index (χ1v) is 16.1. The number of imidazole rings is 1. The van der Waals surface area contributed by atoms with E-state index in [2.05, 4.69) is 39.5 Å². The molecule has 8 rings (SSSR count). The standard InChI is InChI=1S/C35H40N6O4/c1-38-32-26(15-24(17-29(32)44-2)34(42)41-19-23-9-10-27(41)30(23)36)37-33(38)28-16-22-5-4-6-25(31(22)40(28)18-20-7-8-20)21-11-13-39(14-12-21)35(43)45-3/h4-6,11,15-17,20,23,27,30H,7-10,12-14,18-19,36H2,1-3H3/t23-,27-,30-/m1/s1. The number of rotatable bonds is 6. The van der Waals surface area contributed by atoms with Crippen LogP contribution in [0.1, 0.15) is 48.0 Å². The fourth-order valence-corrected chi connectivity index (χ4v) is 7.99. The monoisotopic (exact) mass is 608 g/mol. The lowest BCUT2D eigenvalue weighted by Gasteiger charge is -2.27. The normalized spacial score (nSPS) is 22.8. The van der Waals surface area contributed by atoms with E-state index in [4.69, 9.17) is 20.2 Å². The number of nitrogens with zero attached hydrogens (tertiary/aromatic N) is 5. The first kappa shape index (κ1) is 28.2. The van der Waals surface area contributed by atoms with Crippen molar-refractivity contribution in [1.29, 1.82) is 0 Å². The van der Waals surface area contributed by atoms with E-state index in [9.17, 15) is 9.59 Å². The number of aromatic nitrogens is 3. The Balaban J connectivity index is 1.23. The van der Waals surface area contributed by atoms with E-state index in [0.717, 1.165) is 60.3 Å². The Morgan fingerprint density at radius 1 is 1.07 bits per heavy atom. The van der Waals surface area contributed by atoms with Gasteiger partial charge in [0.05, 0.1) is 30.9 Å². The summed E-state index contributed by atoms with van der Waals surface area (Å²) >= 11 is 0. The molecule has 4 aromatic rings. The van der Waals surface area contributed by atoms with Crippen molar-refractivity contribution in [3.05, 3.63) is 53.6 Å². The van der Waals surface area contributed by atoms with Crippen LogP contribution in [0.2, 0.25) is 0 Å². The molecule has 2 saturated carbocycles. The molecule has 234 valence electrons. The summed E-state index contributed by atoms with van der Waals surface area (Å²) in [5.74, 6) is 2.51. The fourth-order valence-electron chi connectivity index (χ4n) is 7.99. The van der Waals surface area contributed by atoms with Gasteiger partial charge in [0.15, 0.2) is 5.82 Å². The van der Waals surface area contributed by atoms with Gasteiger partial charge in [-0.05, 0) is 67.7 Å². The number of likely N-dealkylation sites (tertiary alicyclic amines) is 1. The molecule has 2 aromatic carbocycles. The van der Waals surface area contributed by atoms with Crippen molar-refractivity contribution in [2.24, 2.45) is 24.6 Å². The van der Waals surface area contributed by atoms with Crippen LogP contribution in [-0.2, 0) is 18.3 Å². The maximum Gasteiger partial charge on any atom is 0.409 e. The summed E-state index contributed by atoms with van der Waals surface area (Å²) in [7, 11) is 5.11. The highest BCUT2D eigenvalue weighted by atomic mass is 16.5. The Morgan fingerprint density at radius 2 is 1.91 bits per heavy atom. The Morgan fingerprint density at radius 3 is 2.58 bits per heavy atom. The Hall–Kier alpha value is -4.31. The van der Waals surface area contributed by atoms with Crippen LogP contribution < -0.4 is 10.5 Å². The molecule has 2 aliphatic heterocycles. The predicted octanol–water partition coefficient (Wildman–Crippen LogP) is 5.03. The number of fused-ring (bicyclic) bond motifs is 4. The molecule has 2 amide bonds. The minimum absolute atomic E-state index is 0.00376. The Bertz CT molecular complexity index is 1880. The number of nitrogens with two attached hydrogens (primary N) is 1. The van der Waals surface area contributed by atoms with E-state index >= 15 is 0 Å². The van der Waals surface area contributed by atoms with Crippen molar-refractivity contribution >= 4 is 39.5 Å². The van der Waals surface area contributed by atoms with E-state index in [1.807, 2.05) is 24.1 Å². The molecule has 1 saturated heterocycles. The maximum absolute atomic E-state index is 13.8. The average molecular weight is 609 g/mol. The maximum atomic E-state index is 13.8. The van der Waals surface area contributed by atoms with Gasteiger partial charge in [-0.1, -0.05) is 24.3 Å². The van der Waals surface area contributed by atoms with E-state index in [1.165, 1.54) is 36.6 Å². The molecule has 10 heteroatoms. The summed E-state index contributed by atoms with van der Waals surface area (Å²) < 4.78 is 15.4. The first-order valence-electron chi connectivity index (χ1n) is 16.1. The lowest BCUT2D eigenvalue weighted by atomic mass is 9.97. The molecule has 4 aliphatic rings. The molecule has 2 aliphatic carbocycles. The van der Waals surface area contributed by atoms with Gasteiger partial charge in [-0.3, -0.25) is 4.79 Å². The van der Waals surface area contributed by atoms with Crippen molar-refractivity contribution < 1.29 is 19.1 Å². The number of aryl methyl sites for hydroxylation is 1. The highest BCUT2D eigenvalue weighted by molar-refractivity contribution is 6.01. The van der Waals surface area contributed by atoms with Gasteiger partial charge in [0.2, 0.25) is 0 Å². The molecular weight excluding hydrogens is 568 g/mol. The molecule has 0 radical (unpaired) electrons. The summed E-state index contributed by atoms with van der Waals surface area (Å²) in [4.78, 5) is 34.7. The molecule has 4 heterocycles. The molecule has 0 unspecified atom stereocenters. The third-order valence-electron chi connectivity index (χ3n) is 10.6. The van der Waals surface area contributed by atoms with Gasteiger partial charge in [-0.25, -0.2) is 9.78 Å². The molecule has 3 fully saturated rings. The number of hydrogen-bond acceptors (Lipinski definition) is 6. The number of para-hydroxylation sites is 1. The number of piperidine rings is 1. The highest BCUT2D eigenvalue weighted by Crippen LogP contribution is 2.41. The van der Waals surface area contributed by atoms with Crippen LogP contribution in [0.3, 0.4) is 0 Å². The van der Waals surface area contributed by atoms with Gasteiger partial charge in [-0.2, -0.15) is 0 Å². The second kappa shape index (κ2) is 10.7. The minimum Gasteiger partial charge on any atom is -0.494 e. The zero-order chi connectivity index (χ0) is 31.0. The third kappa shape index (κ3) is 4.52. The summed E-state index contributed by atoms with van der Waals surface area (Å²) in [6.45, 7) is 2.80. The quantitative estimate of drug-likeness (QED) is 0.329. The fraction of sp³-hybridized carbons (Fsp3) is 0.457. The second-order valence-electron chi connectivity index (χ2n) is 13.2. The minimum atomic E-state index is -0.290. The van der Waals surface area contributed by atoms with Crippen molar-refractivity contribution in [2.75, 3.05) is 33.9 Å². The Kier molecular flexibility index (Phi) is 6.67. The molecule has 45 heavy (non-hydrogen) atoms. The predicted molar refractivity (Wildman–Crippen MR) is 173 cm³/mol. The number of ether oxygens (including phenoxy) is 2. The van der Waals surface area contributed by atoms with Crippen molar-refractivity contribution in [3.63, 3.8) is 0 Å². The average Bonchev–Trinajstić information content (AvgIpc) is 3.45. The number of hydrogen-bond donors (Lipinski definition) is 1. The summed E-state index contributed by atoms with van der Waals surface area (Å²) in [5, 5.41) is 1.16. The third-order valence-corrected chi connectivity index (χ3v) is 10.6. The highest BCUT2D eigenvalue weighted by Gasteiger charge is 2.47. The largest absolute Gasteiger partial charge is 0.494 e. The van der Waals surface area contributed by atoms with Crippen LogP contribution >= 0.6 is 0 Å². The SMILES string of the molecule is COC(=O)N1CC=C(c2cccc3cc(-c4nc5cc(C(=O)N6C[C@H]7CC[C@@H]6[C@@H]7N)cc(OC)c5n4C)n(CC4CC4)c23)CC1. The van der Waals surface area contributed by atoms with Crippen molar-refractivity contribution in [1.82, 2.24) is 23.9 Å². The van der Waals surface area contributed by atoms with Crippen LogP contribution in [-0.4, -0.2) is 81.9 Å². The lowest BCUT2D eigenvalue weighted by molar-refractivity contribution is 0.0700. The van der Waals surface area contributed by atoms with Gasteiger partial charge < -0.3 is 34.1 Å². The van der Waals surface area contributed by atoms with E-state index in [-0.39, 0.29) is 24.1 Å². The van der Waals surface area contributed by atoms with Crippen molar-refractivity contribution in [2.45, 2.75) is 50.7 Å². The van der Waals surface area contributed by atoms with E-state index in [1.54, 1.807) is 12.0 Å². The van der Waals surface area contributed by atoms with Gasteiger partial charge in [0.25, 0.3) is 5.91 Å². The van der Waals surface area contributed by atoms with E-state index < -0.39 is 0 Å². The number of benzene rings is 2. The van der Waals surface area contributed by atoms with Crippen LogP contribution in [0.4, 0.5) is 4.79 Å². The molecule has 2 bridgehead atoms. The zero-order valence-electron chi connectivity index (χ0n) is 26.2. The molecule has 10 nitrogen and oxygen atoms in total. The topological polar surface area (TPSA) is 108 Å². The van der Waals surface area contributed by atoms with Gasteiger partial charge in [0, 0.05) is 61.8 Å². The lowest BCUT2D eigenvalue weighted by Crippen LogP contribution is -2.41. The van der Waals surface area contributed by atoms with Crippen LogP contribution in [0.15, 0.2) is 42.5 Å². The van der Waals surface area contributed by atoms with Crippen LogP contribution in [0.25, 0.3) is 39.0 Å². The molecular formula is C35H40N6O4. The van der Waals surface area contributed by atoms with Gasteiger partial charge in [0.1, 0.15) is 11.3 Å². The molecule has 3 atom stereocenters. The summed E-state index contributed by atoms with van der Waals surface area (Å²) in [5.41, 5.74) is 13.3. The zero-order valence-corrected chi connectivity index (χ0v) is 26.2. The van der Waals surface area contributed by atoms with Gasteiger partial charge in [-0.15, -0.1) is 0 Å². The Labute approximate surface area is 262 Å². The smallest absolute Gasteiger partial charge is 0.409 e. The van der Waals surface area contributed by atoms with Crippen LogP contribution in [0.5, 0.6) is 5.75 Å². The number of carbonyl (C=O) groups excluding carboxylic acids is 2. The van der Waals surface area contributed by atoms with E-state index in [0.29, 0.717) is 36.2 Å². The molecule has 2 aromatic heterocycles. The second-order valence-corrected chi connectivity index (χ2v) is 13.2. The van der Waals surface area contributed by atoms with Gasteiger partial charge >= 0.3 is 6.09 Å². The first-order chi connectivity index (χ1) is 21.9.